The lowest BCUT2D eigenvalue weighted by molar-refractivity contribution is -0.143. The van der Waals surface area contributed by atoms with E-state index in [4.69, 9.17) is 4.74 Å². The van der Waals surface area contributed by atoms with Crippen molar-refractivity contribution < 1.29 is 19.4 Å². The Hall–Kier alpha value is -1.69. The van der Waals surface area contributed by atoms with Crippen LogP contribution < -0.4 is 0 Å². The second-order valence-electron chi connectivity index (χ2n) is 6.62. The van der Waals surface area contributed by atoms with Crippen LogP contribution in [0.1, 0.15) is 38.8 Å². The summed E-state index contributed by atoms with van der Waals surface area (Å²) in [7, 11) is 0. The van der Waals surface area contributed by atoms with Gasteiger partial charge in [0.2, 0.25) is 0 Å². The zero-order valence-electron chi connectivity index (χ0n) is 14.2. The van der Waals surface area contributed by atoms with Gasteiger partial charge >= 0.3 is 12.1 Å². The van der Waals surface area contributed by atoms with Crippen LogP contribution >= 0.6 is 12.6 Å². The monoisotopic (exact) mass is 339 g/mol. The molecule has 0 aliphatic carbocycles. The molecule has 0 saturated heterocycles. The van der Waals surface area contributed by atoms with Crippen LogP contribution in [-0.4, -0.2) is 39.0 Å². The highest BCUT2D eigenvalue weighted by Gasteiger charge is 2.35. The molecule has 0 spiro atoms. The van der Waals surface area contributed by atoms with Crippen LogP contribution in [0.25, 0.3) is 0 Å². The maximum Gasteiger partial charge on any atom is 0.411 e. The SMILES string of the molecule is Cc1ccc(CN(C(=O)OC(C)(C)C)[C@@H](C(=O)O)[C@H](C)S)cc1. The van der Waals surface area contributed by atoms with Crippen LogP contribution in [0, 0.1) is 6.92 Å². The van der Waals surface area contributed by atoms with Crippen LogP contribution in [0.5, 0.6) is 0 Å². The number of benzene rings is 1. The third-order valence-electron chi connectivity index (χ3n) is 3.15. The van der Waals surface area contributed by atoms with E-state index in [1.54, 1.807) is 27.7 Å². The first-order valence-corrected chi connectivity index (χ1v) is 7.99. The molecule has 0 unspecified atom stereocenters. The zero-order valence-corrected chi connectivity index (χ0v) is 15.1. The molecule has 0 aliphatic heterocycles. The number of amides is 1. The molecule has 1 N–H and O–H groups in total. The number of hydrogen-bond acceptors (Lipinski definition) is 4. The van der Waals surface area contributed by atoms with Crippen LogP contribution in [0.4, 0.5) is 4.79 Å². The number of carbonyl (C=O) groups is 2. The summed E-state index contributed by atoms with van der Waals surface area (Å²) < 4.78 is 5.37. The van der Waals surface area contributed by atoms with E-state index in [-0.39, 0.29) is 6.54 Å². The molecule has 1 aromatic rings. The first-order valence-electron chi connectivity index (χ1n) is 7.47. The Morgan fingerprint density at radius 2 is 1.78 bits per heavy atom. The number of thiol groups is 1. The number of aliphatic carboxylic acids is 1. The molecule has 128 valence electrons. The van der Waals surface area contributed by atoms with Crippen LogP contribution in [0.2, 0.25) is 0 Å². The van der Waals surface area contributed by atoms with Crippen LogP contribution in [0.3, 0.4) is 0 Å². The largest absolute Gasteiger partial charge is 0.480 e. The fraction of sp³-hybridized carbons (Fsp3) is 0.529. The van der Waals surface area contributed by atoms with Gasteiger partial charge in [0.05, 0.1) is 0 Å². The normalized spacial score (nSPS) is 14.0. The third-order valence-corrected chi connectivity index (χ3v) is 3.43. The predicted octanol–water partition coefficient (Wildman–Crippen LogP) is 3.50. The van der Waals surface area contributed by atoms with E-state index in [1.165, 1.54) is 4.90 Å². The van der Waals surface area contributed by atoms with Crippen molar-refractivity contribution >= 4 is 24.7 Å². The fourth-order valence-electron chi connectivity index (χ4n) is 2.09. The number of carboxylic acid groups (broad SMARTS) is 1. The predicted molar refractivity (Wildman–Crippen MR) is 92.8 cm³/mol. The van der Waals surface area contributed by atoms with Gasteiger partial charge in [0.1, 0.15) is 11.6 Å². The fourth-order valence-corrected chi connectivity index (χ4v) is 2.38. The van der Waals surface area contributed by atoms with E-state index < -0.39 is 29.0 Å². The number of carboxylic acids is 1. The Labute approximate surface area is 143 Å². The van der Waals surface area contributed by atoms with E-state index in [2.05, 4.69) is 12.6 Å². The first kappa shape index (κ1) is 19.4. The average Bonchev–Trinajstić information content (AvgIpc) is 2.37. The molecule has 0 aromatic heterocycles. The molecule has 0 fully saturated rings. The lowest BCUT2D eigenvalue weighted by Gasteiger charge is -2.33. The molecule has 23 heavy (non-hydrogen) atoms. The highest BCUT2D eigenvalue weighted by molar-refractivity contribution is 7.81. The van der Waals surface area contributed by atoms with E-state index in [0.717, 1.165) is 11.1 Å². The molecular weight excluding hydrogens is 314 g/mol. The Morgan fingerprint density at radius 1 is 1.26 bits per heavy atom. The summed E-state index contributed by atoms with van der Waals surface area (Å²) in [4.78, 5) is 25.3. The minimum absolute atomic E-state index is 0.150. The van der Waals surface area contributed by atoms with Gasteiger partial charge in [0.15, 0.2) is 0 Å². The number of aryl methyl sites for hydroxylation is 1. The van der Waals surface area contributed by atoms with Crippen molar-refractivity contribution in [3.63, 3.8) is 0 Å². The van der Waals surface area contributed by atoms with Crippen molar-refractivity contribution in [1.82, 2.24) is 4.90 Å². The molecule has 0 radical (unpaired) electrons. The van der Waals surface area contributed by atoms with Crippen molar-refractivity contribution in [2.45, 2.75) is 58.1 Å². The lowest BCUT2D eigenvalue weighted by Crippen LogP contribution is -2.50. The molecular formula is C17H25NO4S. The van der Waals surface area contributed by atoms with Gasteiger partial charge in [-0.3, -0.25) is 4.90 Å². The number of hydrogen-bond donors (Lipinski definition) is 2. The number of carbonyl (C=O) groups excluding carboxylic acids is 1. The summed E-state index contributed by atoms with van der Waals surface area (Å²) in [6, 6.07) is 6.50. The summed E-state index contributed by atoms with van der Waals surface area (Å²) >= 11 is 4.23. The number of nitrogens with zero attached hydrogens (tertiary/aromatic N) is 1. The number of ether oxygens (including phenoxy) is 1. The quantitative estimate of drug-likeness (QED) is 0.806. The molecule has 0 saturated carbocycles. The molecule has 5 nitrogen and oxygen atoms in total. The molecule has 0 heterocycles. The van der Waals surface area contributed by atoms with Crippen molar-refractivity contribution in [3.05, 3.63) is 35.4 Å². The van der Waals surface area contributed by atoms with E-state index >= 15 is 0 Å². The maximum absolute atomic E-state index is 12.5. The summed E-state index contributed by atoms with van der Waals surface area (Å²) in [6.07, 6.45) is -0.661. The van der Waals surface area contributed by atoms with Gasteiger partial charge in [-0.15, -0.1) is 0 Å². The summed E-state index contributed by atoms with van der Waals surface area (Å²) in [6.45, 7) is 9.00. The van der Waals surface area contributed by atoms with Crippen molar-refractivity contribution in [3.8, 4) is 0 Å². The molecule has 0 bridgehead atoms. The van der Waals surface area contributed by atoms with Crippen molar-refractivity contribution in [2.75, 3.05) is 0 Å². The molecule has 1 rings (SSSR count). The number of rotatable bonds is 5. The smallest absolute Gasteiger partial charge is 0.411 e. The average molecular weight is 339 g/mol. The second kappa shape index (κ2) is 7.73. The maximum atomic E-state index is 12.5. The highest BCUT2D eigenvalue weighted by Crippen LogP contribution is 2.19. The second-order valence-corrected chi connectivity index (χ2v) is 7.43. The van der Waals surface area contributed by atoms with Gasteiger partial charge in [-0.05, 0) is 33.3 Å². The van der Waals surface area contributed by atoms with Crippen LogP contribution in [0.15, 0.2) is 24.3 Å². The lowest BCUT2D eigenvalue weighted by atomic mass is 10.1. The third kappa shape index (κ3) is 6.14. The zero-order chi connectivity index (χ0) is 17.8. The van der Waals surface area contributed by atoms with Gasteiger partial charge in [-0.25, -0.2) is 9.59 Å². The molecule has 2 atom stereocenters. The van der Waals surface area contributed by atoms with E-state index in [0.29, 0.717) is 0 Å². The topological polar surface area (TPSA) is 66.8 Å². The Morgan fingerprint density at radius 3 is 2.17 bits per heavy atom. The molecule has 0 aliphatic rings. The van der Waals surface area contributed by atoms with Gasteiger partial charge in [0, 0.05) is 11.8 Å². The Kier molecular flexibility index (Phi) is 6.50. The van der Waals surface area contributed by atoms with Crippen molar-refractivity contribution in [1.29, 1.82) is 0 Å². The van der Waals surface area contributed by atoms with Crippen LogP contribution in [-0.2, 0) is 16.1 Å². The minimum atomic E-state index is -1.11. The highest BCUT2D eigenvalue weighted by atomic mass is 32.1. The standard InChI is InChI=1S/C17H25NO4S/c1-11-6-8-13(9-7-11)10-18(14(12(2)23)15(19)20)16(21)22-17(3,4)5/h6-9,12,14,23H,10H2,1-5H3,(H,19,20)/t12-,14+/m0/s1. The molecule has 1 aromatic carbocycles. The first-order chi connectivity index (χ1) is 10.5. The minimum Gasteiger partial charge on any atom is -0.480 e. The Balaban J connectivity index is 3.11. The van der Waals surface area contributed by atoms with Gasteiger partial charge in [-0.2, -0.15) is 12.6 Å². The summed E-state index contributed by atoms with van der Waals surface area (Å²) in [5.74, 6) is -1.11. The van der Waals surface area contributed by atoms with E-state index in [9.17, 15) is 14.7 Å². The van der Waals surface area contributed by atoms with E-state index in [1.807, 2.05) is 31.2 Å². The van der Waals surface area contributed by atoms with Gasteiger partial charge in [0.25, 0.3) is 0 Å². The molecule has 6 heteroatoms. The van der Waals surface area contributed by atoms with Gasteiger partial charge < -0.3 is 9.84 Å². The summed E-state index contributed by atoms with van der Waals surface area (Å²) in [5, 5.41) is 8.95. The summed E-state index contributed by atoms with van der Waals surface area (Å²) in [5.41, 5.74) is 1.22. The van der Waals surface area contributed by atoms with Crippen molar-refractivity contribution in [2.24, 2.45) is 0 Å². The molecule has 1 amide bonds. The van der Waals surface area contributed by atoms with Gasteiger partial charge in [-0.1, -0.05) is 36.8 Å². The Bertz CT molecular complexity index is 549.